The Balaban J connectivity index is 1.83. The molecule has 146 valence electrons. The monoisotopic (exact) mass is 392 g/mol. The van der Waals surface area contributed by atoms with Crippen LogP contribution < -0.4 is 0 Å². The number of hydrogen-bond acceptors (Lipinski definition) is 3. The number of benzene rings is 2. The van der Waals surface area contributed by atoms with Gasteiger partial charge in [-0.1, -0.05) is 18.2 Å². The van der Waals surface area contributed by atoms with Crippen molar-refractivity contribution in [3.05, 3.63) is 77.1 Å². The number of rotatable bonds is 4. The highest BCUT2D eigenvalue weighted by molar-refractivity contribution is 5.90. The van der Waals surface area contributed by atoms with Crippen LogP contribution >= 0.6 is 0 Å². The van der Waals surface area contributed by atoms with E-state index in [1.165, 1.54) is 54.2 Å². The van der Waals surface area contributed by atoms with Crippen LogP contribution in [0.3, 0.4) is 0 Å². The molecule has 0 bridgehead atoms. The Morgan fingerprint density at radius 2 is 1.75 bits per heavy atom. The number of aromatic nitrogens is 3. The SMILES string of the molecule is Cc1nc(C(=O)N(C)Cc2ccccc2C(F)(F)F)nn1-c1ccc(F)cc1. The number of aryl methyl sites for hydroxylation is 1. The lowest BCUT2D eigenvalue weighted by molar-refractivity contribution is -0.138. The van der Waals surface area contributed by atoms with Crippen molar-refractivity contribution in [2.45, 2.75) is 19.6 Å². The first-order valence-corrected chi connectivity index (χ1v) is 8.27. The van der Waals surface area contributed by atoms with Gasteiger partial charge in [0.1, 0.15) is 11.6 Å². The van der Waals surface area contributed by atoms with Gasteiger partial charge in [0.15, 0.2) is 0 Å². The molecule has 3 rings (SSSR count). The van der Waals surface area contributed by atoms with Crippen molar-refractivity contribution in [3.63, 3.8) is 0 Å². The molecule has 3 aromatic rings. The van der Waals surface area contributed by atoms with Crippen molar-refractivity contribution in [1.29, 1.82) is 0 Å². The predicted molar refractivity (Wildman–Crippen MR) is 93.3 cm³/mol. The molecule has 2 aromatic carbocycles. The smallest absolute Gasteiger partial charge is 0.335 e. The minimum atomic E-state index is -4.51. The van der Waals surface area contributed by atoms with Crippen molar-refractivity contribution in [2.24, 2.45) is 0 Å². The zero-order valence-electron chi connectivity index (χ0n) is 15.0. The van der Waals surface area contributed by atoms with E-state index in [0.717, 1.165) is 11.0 Å². The second-order valence-corrected chi connectivity index (χ2v) is 6.19. The third kappa shape index (κ3) is 4.03. The molecule has 0 N–H and O–H groups in total. The van der Waals surface area contributed by atoms with Crippen molar-refractivity contribution < 1.29 is 22.4 Å². The number of carbonyl (C=O) groups excluding carboxylic acids is 1. The molecule has 5 nitrogen and oxygen atoms in total. The third-order valence-electron chi connectivity index (χ3n) is 4.11. The van der Waals surface area contributed by atoms with Gasteiger partial charge in [0.05, 0.1) is 11.3 Å². The summed E-state index contributed by atoms with van der Waals surface area (Å²) in [7, 11) is 1.38. The maximum Gasteiger partial charge on any atom is 0.416 e. The standard InChI is InChI=1S/C19H16F4N4O/c1-12-24-17(25-27(12)15-9-7-14(20)8-10-15)18(28)26(2)11-13-5-3-4-6-16(13)19(21,22)23/h3-10H,11H2,1-2H3. The zero-order valence-corrected chi connectivity index (χ0v) is 15.0. The van der Waals surface area contributed by atoms with Crippen LogP contribution in [-0.4, -0.2) is 32.6 Å². The Kier molecular flexibility index (Phi) is 5.17. The van der Waals surface area contributed by atoms with Gasteiger partial charge >= 0.3 is 6.18 Å². The fourth-order valence-corrected chi connectivity index (χ4v) is 2.74. The van der Waals surface area contributed by atoms with Gasteiger partial charge in [0.2, 0.25) is 5.82 Å². The number of alkyl halides is 3. The van der Waals surface area contributed by atoms with E-state index < -0.39 is 23.5 Å². The second kappa shape index (κ2) is 7.41. The van der Waals surface area contributed by atoms with E-state index in [4.69, 9.17) is 0 Å². The van der Waals surface area contributed by atoms with E-state index in [0.29, 0.717) is 11.5 Å². The summed E-state index contributed by atoms with van der Waals surface area (Å²) in [6.07, 6.45) is -4.51. The molecule has 9 heteroatoms. The Hall–Kier alpha value is -3.23. The average molecular weight is 392 g/mol. The first-order chi connectivity index (χ1) is 13.2. The quantitative estimate of drug-likeness (QED) is 0.631. The summed E-state index contributed by atoms with van der Waals surface area (Å²) in [6, 6.07) is 10.5. The van der Waals surface area contributed by atoms with Gasteiger partial charge in [0.25, 0.3) is 5.91 Å². The summed E-state index contributed by atoms with van der Waals surface area (Å²) in [4.78, 5) is 17.8. The lowest BCUT2D eigenvalue weighted by atomic mass is 10.1. The second-order valence-electron chi connectivity index (χ2n) is 6.19. The van der Waals surface area contributed by atoms with Crippen LogP contribution in [0.5, 0.6) is 0 Å². The van der Waals surface area contributed by atoms with E-state index in [9.17, 15) is 22.4 Å². The molecule has 0 saturated heterocycles. The Morgan fingerprint density at radius 3 is 2.39 bits per heavy atom. The highest BCUT2D eigenvalue weighted by Gasteiger charge is 2.33. The van der Waals surface area contributed by atoms with Crippen LogP contribution in [0, 0.1) is 12.7 Å². The first kappa shape index (κ1) is 19.5. The van der Waals surface area contributed by atoms with Gasteiger partial charge in [-0.3, -0.25) is 4.79 Å². The molecule has 0 aliphatic heterocycles. The molecule has 0 aliphatic carbocycles. The maximum atomic E-state index is 13.1. The number of halogens is 4. The molecular formula is C19H16F4N4O. The number of hydrogen-bond donors (Lipinski definition) is 0. The summed E-state index contributed by atoms with van der Waals surface area (Å²) in [5, 5.41) is 4.11. The lowest BCUT2D eigenvalue weighted by Crippen LogP contribution is -2.28. The summed E-state index contributed by atoms with van der Waals surface area (Å²) >= 11 is 0. The summed E-state index contributed by atoms with van der Waals surface area (Å²) in [6.45, 7) is 1.37. The van der Waals surface area contributed by atoms with Crippen LogP contribution in [0.4, 0.5) is 17.6 Å². The normalized spacial score (nSPS) is 11.5. The third-order valence-corrected chi connectivity index (χ3v) is 4.11. The molecule has 0 radical (unpaired) electrons. The topological polar surface area (TPSA) is 51.0 Å². The largest absolute Gasteiger partial charge is 0.416 e. The summed E-state index contributed by atoms with van der Waals surface area (Å²) < 4.78 is 53.9. The minimum Gasteiger partial charge on any atom is -0.335 e. The van der Waals surface area contributed by atoms with Gasteiger partial charge < -0.3 is 4.90 Å². The van der Waals surface area contributed by atoms with E-state index in [-0.39, 0.29) is 17.9 Å². The van der Waals surface area contributed by atoms with Crippen LogP contribution in [-0.2, 0) is 12.7 Å². The summed E-state index contributed by atoms with van der Waals surface area (Å²) in [5.74, 6) is -0.810. The van der Waals surface area contributed by atoms with E-state index in [1.807, 2.05) is 0 Å². The minimum absolute atomic E-state index is 0.0273. The van der Waals surface area contributed by atoms with Crippen molar-refractivity contribution in [2.75, 3.05) is 7.05 Å². The van der Waals surface area contributed by atoms with Crippen LogP contribution in [0.25, 0.3) is 5.69 Å². The molecular weight excluding hydrogens is 376 g/mol. The summed E-state index contributed by atoms with van der Waals surface area (Å²) in [5.41, 5.74) is -0.313. The molecule has 0 unspecified atom stereocenters. The van der Waals surface area contributed by atoms with Crippen LogP contribution in [0.2, 0.25) is 0 Å². The van der Waals surface area contributed by atoms with E-state index >= 15 is 0 Å². The molecule has 28 heavy (non-hydrogen) atoms. The Morgan fingerprint density at radius 1 is 1.11 bits per heavy atom. The molecule has 0 aliphatic rings. The Labute approximate surface area is 158 Å². The van der Waals surface area contributed by atoms with Crippen LogP contribution in [0.1, 0.15) is 27.6 Å². The fourth-order valence-electron chi connectivity index (χ4n) is 2.74. The predicted octanol–water partition coefficient (Wildman–Crippen LogP) is 4.01. The van der Waals surface area contributed by atoms with Gasteiger partial charge in [-0.25, -0.2) is 14.1 Å². The van der Waals surface area contributed by atoms with E-state index in [2.05, 4.69) is 10.1 Å². The molecule has 0 spiro atoms. The number of nitrogens with zero attached hydrogens (tertiary/aromatic N) is 4. The number of amides is 1. The number of carbonyl (C=O) groups is 1. The lowest BCUT2D eigenvalue weighted by Gasteiger charge is -2.19. The zero-order chi connectivity index (χ0) is 20.5. The van der Waals surface area contributed by atoms with Gasteiger partial charge in [0, 0.05) is 13.6 Å². The highest BCUT2D eigenvalue weighted by Crippen LogP contribution is 2.32. The molecule has 1 aromatic heterocycles. The molecule has 1 heterocycles. The Bertz CT molecular complexity index is 996. The molecule has 0 atom stereocenters. The highest BCUT2D eigenvalue weighted by atomic mass is 19.4. The average Bonchev–Trinajstić information content (AvgIpc) is 3.03. The van der Waals surface area contributed by atoms with Crippen LogP contribution in [0.15, 0.2) is 48.5 Å². The van der Waals surface area contributed by atoms with Crippen molar-refractivity contribution in [1.82, 2.24) is 19.7 Å². The maximum absolute atomic E-state index is 13.1. The molecule has 0 fully saturated rings. The van der Waals surface area contributed by atoms with Gasteiger partial charge in [-0.05, 0) is 42.8 Å². The fraction of sp³-hybridized carbons (Fsp3) is 0.211. The van der Waals surface area contributed by atoms with Gasteiger partial charge in [-0.2, -0.15) is 13.2 Å². The van der Waals surface area contributed by atoms with Gasteiger partial charge in [-0.15, -0.1) is 5.10 Å². The van der Waals surface area contributed by atoms with Crippen molar-refractivity contribution in [3.8, 4) is 5.69 Å². The molecule has 0 saturated carbocycles. The molecule has 1 amide bonds. The first-order valence-electron chi connectivity index (χ1n) is 8.27. The van der Waals surface area contributed by atoms with E-state index in [1.54, 1.807) is 6.92 Å². The van der Waals surface area contributed by atoms with Crippen molar-refractivity contribution >= 4 is 5.91 Å².